The van der Waals surface area contributed by atoms with E-state index in [1.165, 1.54) is 19.3 Å². The molecule has 0 saturated heterocycles. The normalized spacial score (nSPS) is 18.9. The maximum absolute atomic E-state index is 12.1. The molecule has 94 valence electrons. The number of alkyl halides is 1. The molecule has 0 aliphatic heterocycles. The van der Waals surface area contributed by atoms with Gasteiger partial charge in [0.15, 0.2) is 0 Å². The lowest BCUT2D eigenvalue weighted by Gasteiger charge is -2.36. The minimum Gasteiger partial charge on any atom is -0.346 e. The van der Waals surface area contributed by atoms with Gasteiger partial charge in [-0.1, -0.05) is 35.2 Å². The van der Waals surface area contributed by atoms with Crippen molar-refractivity contribution in [2.75, 3.05) is 5.33 Å². The number of rotatable bonds is 3. The molecule has 0 atom stereocenters. The molecule has 0 bridgehead atoms. The van der Waals surface area contributed by atoms with Crippen LogP contribution in [0.3, 0.4) is 0 Å². The third-order valence-electron chi connectivity index (χ3n) is 3.27. The zero-order valence-electron chi connectivity index (χ0n) is 9.47. The highest BCUT2D eigenvalue weighted by atomic mass is 79.9. The van der Waals surface area contributed by atoms with Crippen LogP contribution >= 0.6 is 43.2 Å². The van der Waals surface area contributed by atoms with Crippen molar-refractivity contribution in [3.63, 3.8) is 0 Å². The Morgan fingerprint density at radius 1 is 1.41 bits per heavy atom. The molecule has 0 spiro atoms. The quantitative estimate of drug-likeness (QED) is 0.776. The lowest BCUT2D eigenvalue weighted by atomic mass is 9.83. The zero-order chi connectivity index (χ0) is 12.3. The maximum atomic E-state index is 12.1. The molecule has 0 radical (unpaired) electrons. The lowest BCUT2D eigenvalue weighted by Crippen LogP contribution is -2.51. The average molecular weight is 381 g/mol. The van der Waals surface area contributed by atoms with Crippen molar-refractivity contribution in [1.29, 1.82) is 0 Å². The summed E-state index contributed by atoms with van der Waals surface area (Å²) in [5.74, 6) is 0.0494. The maximum Gasteiger partial charge on any atom is 0.252 e. The Labute approximate surface area is 122 Å². The van der Waals surface area contributed by atoms with E-state index in [1.54, 1.807) is 11.3 Å². The Morgan fingerprint density at radius 2 is 2.12 bits per heavy atom. The van der Waals surface area contributed by atoms with E-state index in [0.29, 0.717) is 0 Å². The molecule has 0 aromatic carbocycles. The largest absolute Gasteiger partial charge is 0.346 e. The molecular formula is C12H15Br2NOS. The van der Waals surface area contributed by atoms with Crippen molar-refractivity contribution < 1.29 is 4.79 Å². The van der Waals surface area contributed by atoms with Crippen molar-refractivity contribution in [3.05, 3.63) is 20.8 Å². The van der Waals surface area contributed by atoms with E-state index in [-0.39, 0.29) is 11.4 Å². The van der Waals surface area contributed by atoms with Gasteiger partial charge in [-0.3, -0.25) is 4.79 Å². The van der Waals surface area contributed by atoms with Crippen LogP contribution in [0.1, 0.15) is 42.5 Å². The first-order valence-corrected chi connectivity index (χ1v) is 8.57. The molecule has 1 aromatic rings. The molecule has 1 aromatic heterocycles. The van der Waals surface area contributed by atoms with Crippen molar-refractivity contribution in [2.24, 2.45) is 0 Å². The van der Waals surface area contributed by atoms with Crippen molar-refractivity contribution in [1.82, 2.24) is 5.32 Å². The van der Waals surface area contributed by atoms with Crippen LogP contribution in [0.5, 0.6) is 0 Å². The molecule has 1 aliphatic carbocycles. The fraction of sp³-hybridized carbons (Fsp3) is 0.583. The highest BCUT2D eigenvalue weighted by Gasteiger charge is 2.32. The predicted molar refractivity (Wildman–Crippen MR) is 79.1 cm³/mol. The van der Waals surface area contributed by atoms with E-state index < -0.39 is 0 Å². The SMILES string of the molecule is O=C(NC1(CBr)CCCCC1)c1csc(Br)c1. The number of hydrogen-bond donors (Lipinski definition) is 1. The van der Waals surface area contributed by atoms with Crippen LogP contribution in [0.2, 0.25) is 0 Å². The summed E-state index contributed by atoms with van der Waals surface area (Å²) in [6.07, 6.45) is 5.86. The van der Waals surface area contributed by atoms with Crippen molar-refractivity contribution in [3.8, 4) is 0 Å². The first-order chi connectivity index (χ1) is 8.15. The molecule has 2 rings (SSSR count). The molecular weight excluding hydrogens is 366 g/mol. The zero-order valence-corrected chi connectivity index (χ0v) is 13.5. The van der Waals surface area contributed by atoms with Crippen LogP contribution in [0.15, 0.2) is 15.2 Å². The van der Waals surface area contributed by atoms with Gasteiger partial charge >= 0.3 is 0 Å². The van der Waals surface area contributed by atoms with Crippen LogP contribution in [0, 0.1) is 0 Å². The van der Waals surface area contributed by atoms with Gasteiger partial charge in [-0.25, -0.2) is 0 Å². The topological polar surface area (TPSA) is 29.1 Å². The number of nitrogens with one attached hydrogen (secondary N) is 1. The van der Waals surface area contributed by atoms with Gasteiger partial charge in [0.05, 0.1) is 14.9 Å². The number of halogens is 2. The summed E-state index contributed by atoms with van der Waals surface area (Å²) in [7, 11) is 0. The smallest absolute Gasteiger partial charge is 0.252 e. The molecule has 1 N–H and O–H groups in total. The summed E-state index contributed by atoms with van der Waals surface area (Å²) in [6, 6.07) is 1.88. The third kappa shape index (κ3) is 3.32. The summed E-state index contributed by atoms with van der Waals surface area (Å²) in [4.78, 5) is 12.1. The van der Waals surface area contributed by atoms with E-state index >= 15 is 0 Å². The summed E-state index contributed by atoms with van der Waals surface area (Å²) in [6.45, 7) is 0. The van der Waals surface area contributed by atoms with Crippen LogP contribution in [-0.4, -0.2) is 16.8 Å². The Hall–Kier alpha value is 0.130. The number of thiophene rings is 1. The number of carbonyl (C=O) groups is 1. The van der Waals surface area contributed by atoms with E-state index in [9.17, 15) is 4.79 Å². The molecule has 17 heavy (non-hydrogen) atoms. The minimum atomic E-state index is -0.0380. The first-order valence-electron chi connectivity index (χ1n) is 5.78. The predicted octanol–water partition coefficient (Wildman–Crippen LogP) is 4.34. The Balaban J connectivity index is 2.05. The van der Waals surface area contributed by atoms with Gasteiger partial charge in [-0.15, -0.1) is 11.3 Å². The highest BCUT2D eigenvalue weighted by molar-refractivity contribution is 9.11. The Bertz CT molecular complexity index is 399. The molecule has 1 aliphatic rings. The lowest BCUT2D eigenvalue weighted by molar-refractivity contribution is 0.0887. The molecule has 0 unspecified atom stereocenters. The number of amides is 1. The van der Waals surface area contributed by atoms with Gasteiger partial charge in [0.2, 0.25) is 0 Å². The second-order valence-corrected chi connectivity index (χ2v) is 7.42. The number of carbonyl (C=O) groups excluding carboxylic acids is 1. The molecule has 2 nitrogen and oxygen atoms in total. The van der Waals surface area contributed by atoms with Crippen molar-refractivity contribution in [2.45, 2.75) is 37.6 Å². The van der Waals surface area contributed by atoms with Crippen LogP contribution in [0.25, 0.3) is 0 Å². The standard InChI is InChI=1S/C12H15Br2NOS/c13-8-12(4-2-1-3-5-12)15-11(16)9-6-10(14)17-7-9/h6-7H,1-5,8H2,(H,15,16). The summed E-state index contributed by atoms with van der Waals surface area (Å²) < 4.78 is 0.999. The van der Waals surface area contributed by atoms with E-state index in [0.717, 1.165) is 27.5 Å². The van der Waals surface area contributed by atoms with Crippen molar-refractivity contribution >= 4 is 49.1 Å². The molecule has 1 amide bonds. The van der Waals surface area contributed by atoms with Gasteiger partial charge in [0.1, 0.15) is 0 Å². The van der Waals surface area contributed by atoms with Crippen LogP contribution in [0.4, 0.5) is 0 Å². The van der Waals surface area contributed by atoms with Gasteiger partial charge in [-0.2, -0.15) is 0 Å². The molecule has 1 heterocycles. The van der Waals surface area contributed by atoms with Gasteiger partial charge in [-0.05, 0) is 34.8 Å². The summed E-state index contributed by atoms with van der Waals surface area (Å²) >= 11 is 8.48. The minimum absolute atomic E-state index is 0.0380. The van der Waals surface area contributed by atoms with E-state index in [1.807, 2.05) is 11.4 Å². The molecule has 1 saturated carbocycles. The van der Waals surface area contributed by atoms with Gasteiger partial charge in [0, 0.05) is 10.7 Å². The van der Waals surface area contributed by atoms with E-state index in [4.69, 9.17) is 0 Å². The van der Waals surface area contributed by atoms with Gasteiger partial charge < -0.3 is 5.32 Å². The monoisotopic (exact) mass is 379 g/mol. The highest BCUT2D eigenvalue weighted by Crippen LogP contribution is 2.30. The first kappa shape index (κ1) is 13.6. The van der Waals surface area contributed by atoms with Crippen LogP contribution in [-0.2, 0) is 0 Å². The summed E-state index contributed by atoms with van der Waals surface area (Å²) in [5, 5.41) is 5.95. The Kier molecular flexibility index (Phi) is 4.66. The third-order valence-corrected chi connectivity index (χ3v) is 5.85. The van der Waals surface area contributed by atoms with Gasteiger partial charge in [0.25, 0.3) is 5.91 Å². The Morgan fingerprint density at radius 3 is 2.65 bits per heavy atom. The molecule has 5 heteroatoms. The average Bonchev–Trinajstić information content (AvgIpc) is 2.77. The second kappa shape index (κ2) is 5.85. The second-order valence-electron chi connectivity index (χ2n) is 4.57. The fourth-order valence-corrected chi connectivity index (χ4v) is 4.10. The van der Waals surface area contributed by atoms with E-state index in [2.05, 4.69) is 37.2 Å². The molecule has 1 fully saturated rings. The van der Waals surface area contributed by atoms with Crippen LogP contribution < -0.4 is 5.32 Å². The summed E-state index contributed by atoms with van der Waals surface area (Å²) in [5.41, 5.74) is 0.719. The fourth-order valence-electron chi connectivity index (χ4n) is 2.26. The number of hydrogen-bond acceptors (Lipinski definition) is 2.